The normalized spacial score (nSPS) is 16.0. The molecule has 2 aliphatic rings. The van der Waals surface area contributed by atoms with Crippen LogP contribution >= 0.6 is 0 Å². The summed E-state index contributed by atoms with van der Waals surface area (Å²) in [4.78, 5) is 24.6. The molecule has 4 rings (SSSR count). The molecule has 1 atom stereocenters. The van der Waals surface area contributed by atoms with Crippen molar-refractivity contribution in [3.8, 4) is 11.5 Å². The second-order valence-corrected chi connectivity index (χ2v) is 6.54. The highest BCUT2D eigenvalue weighted by atomic mass is 16.7. The number of amides is 2. The quantitative estimate of drug-likeness (QED) is 0.837. The predicted molar refractivity (Wildman–Crippen MR) is 94.9 cm³/mol. The van der Waals surface area contributed by atoms with Crippen molar-refractivity contribution in [1.29, 1.82) is 0 Å². The fourth-order valence-electron chi connectivity index (χ4n) is 3.09. The molecular weight excluding hydrogens is 332 g/mol. The first kappa shape index (κ1) is 16.4. The lowest BCUT2D eigenvalue weighted by Gasteiger charge is -2.19. The lowest BCUT2D eigenvalue weighted by atomic mass is 10.0. The van der Waals surface area contributed by atoms with Crippen molar-refractivity contribution in [2.75, 3.05) is 13.3 Å². The van der Waals surface area contributed by atoms with Crippen LogP contribution in [-0.2, 0) is 4.79 Å². The molecule has 2 aromatic carbocycles. The molecule has 0 saturated heterocycles. The summed E-state index contributed by atoms with van der Waals surface area (Å²) in [7, 11) is 0. The summed E-state index contributed by atoms with van der Waals surface area (Å²) in [5, 5.41) is 5.70. The molecule has 2 amide bonds. The van der Waals surface area contributed by atoms with Gasteiger partial charge in [0, 0.05) is 5.56 Å². The van der Waals surface area contributed by atoms with Crippen molar-refractivity contribution in [2.45, 2.75) is 18.9 Å². The average molecular weight is 352 g/mol. The number of nitrogens with one attached hydrogen (secondary N) is 2. The zero-order chi connectivity index (χ0) is 17.9. The van der Waals surface area contributed by atoms with Crippen molar-refractivity contribution in [3.63, 3.8) is 0 Å². The Morgan fingerprint density at radius 2 is 1.81 bits per heavy atom. The summed E-state index contributed by atoms with van der Waals surface area (Å²) in [6.07, 6.45) is 2.23. The second-order valence-electron chi connectivity index (χ2n) is 6.54. The van der Waals surface area contributed by atoms with Gasteiger partial charge in [-0.3, -0.25) is 9.59 Å². The molecule has 1 unspecified atom stereocenters. The van der Waals surface area contributed by atoms with Gasteiger partial charge in [-0.25, -0.2) is 0 Å². The summed E-state index contributed by atoms with van der Waals surface area (Å²) in [6, 6.07) is 14.9. The summed E-state index contributed by atoms with van der Waals surface area (Å²) in [5.74, 6) is 1.13. The maximum Gasteiger partial charge on any atom is 0.251 e. The minimum Gasteiger partial charge on any atom is -0.454 e. The SMILES string of the molecule is O=C(CNC(=O)c1ccc2c(c1)OCO2)NC(c1ccccc1)C1CC1. The third kappa shape index (κ3) is 3.64. The third-order valence-corrected chi connectivity index (χ3v) is 4.61. The highest BCUT2D eigenvalue weighted by Crippen LogP contribution is 2.40. The van der Waals surface area contributed by atoms with Gasteiger partial charge in [-0.2, -0.15) is 0 Å². The fraction of sp³-hybridized carbons (Fsp3) is 0.300. The highest BCUT2D eigenvalue weighted by Gasteiger charge is 2.33. The Balaban J connectivity index is 1.34. The highest BCUT2D eigenvalue weighted by molar-refractivity contribution is 5.97. The monoisotopic (exact) mass is 352 g/mol. The summed E-state index contributed by atoms with van der Waals surface area (Å²) in [6.45, 7) is 0.0914. The smallest absolute Gasteiger partial charge is 0.251 e. The number of fused-ring (bicyclic) bond motifs is 1. The minimum atomic E-state index is -0.318. The molecule has 0 bridgehead atoms. The van der Waals surface area contributed by atoms with E-state index in [0.717, 1.165) is 18.4 Å². The van der Waals surface area contributed by atoms with Crippen LogP contribution in [0.1, 0.15) is 34.8 Å². The van der Waals surface area contributed by atoms with E-state index in [4.69, 9.17) is 9.47 Å². The van der Waals surface area contributed by atoms with Crippen molar-refractivity contribution in [3.05, 3.63) is 59.7 Å². The third-order valence-electron chi connectivity index (χ3n) is 4.61. The molecule has 0 aromatic heterocycles. The molecule has 1 fully saturated rings. The maximum atomic E-state index is 12.3. The molecule has 6 heteroatoms. The second kappa shape index (κ2) is 7.07. The Kier molecular flexibility index (Phi) is 4.48. The van der Waals surface area contributed by atoms with Gasteiger partial charge in [-0.15, -0.1) is 0 Å². The van der Waals surface area contributed by atoms with Crippen LogP contribution in [0.25, 0.3) is 0 Å². The van der Waals surface area contributed by atoms with Crippen LogP contribution in [0.15, 0.2) is 48.5 Å². The molecule has 2 N–H and O–H groups in total. The van der Waals surface area contributed by atoms with Gasteiger partial charge in [0.25, 0.3) is 5.91 Å². The molecule has 0 spiro atoms. The van der Waals surface area contributed by atoms with E-state index in [0.29, 0.717) is 23.0 Å². The summed E-state index contributed by atoms with van der Waals surface area (Å²) >= 11 is 0. The number of benzene rings is 2. The van der Waals surface area contributed by atoms with Gasteiger partial charge in [0.2, 0.25) is 12.7 Å². The Bertz CT molecular complexity index is 818. The van der Waals surface area contributed by atoms with Crippen molar-refractivity contribution >= 4 is 11.8 Å². The van der Waals surface area contributed by atoms with E-state index in [1.165, 1.54) is 0 Å². The lowest BCUT2D eigenvalue weighted by Crippen LogP contribution is -2.39. The van der Waals surface area contributed by atoms with Gasteiger partial charge in [0.1, 0.15) is 0 Å². The average Bonchev–Trinajstić information content (AvgIpc) is 3.41. The zero-order valence-electron chi connectivity index (χ0n) is 14.2. The number of ether oxygens (including phenoxy) is 2. The van der Waals surface area contributed by atoms with Gasteiger partial charge in [-0.1, -0.05) is 30.3 Å². The number of hydrogen-bond acceptors (Lipinski definition) is 4. The van der Waals surface area contributed by atoms with E-state index in [9.17, 15) is 9.59 Å². The molecule has 6 nitrogen and oxygen atoms in total. The summed E-state index contributed by atoms with van der Waals surface area (Å²) in [5.41, 5.74) is 1.54. The number of carbonyl (C=O) groups excluding carboxylic acids is 2. The Labute approximate surface area is 151 Å². The van der Waals surface area contributed by atoms with Gasteiger partial charge in [0.05, 0.1) is 12.6 Å². The van der Waals surface area contributed by atoms with Crippen LogP contribution in [0.4, 0.5) is 0 Å². The molecule has 26 heavy (non-hydrogen) atoms. The zero-order valence-corrected chi connectivity index (χ0v) is 14.2. The van der Waals surface area contributed by atoms with Crippen molar-refractivity contribution in [1.82, 2.24) is 10.6 Å². The molecule has 2 aromatic rings. The Morgan fingerprint density at radius 3 is 2.58 bits per heavy atom. The molecule has 134 valence electrons. The van der Waals surface area contributed by atoms with Crippen LogP contribution in [0.5, 0.6) is 11.5 Å². The molecule has 1 saturated carbocycles. The van der Waals surface area contributed by atoms with Crippen LogP contribution in [0.2, 0.25) is 0 Å². The van der Waals surface area contributed by atoms with Crippen LogP contribution < -0.4 is 20.1 Å². The number of rotatable bonds is 6. The lowest BCUT2D eigenvalue weighted by molar-refractivity contribution is -0.121. The molecule has 1 aliphatic heterocycles. The van der Waals surface area contributed by atoms with E-state index < -0.39 is 0 Å². The van der Waals surface area contributed by atoms with E-state index in [2.05, 4.69) is 10.6 Å². The number of carbonyl (C=O) groups is 2. The van der Waals surface area contributed by atoms with Crippen LogP contribution in [0, 0.1) is 5.92 Å². The number of hydrogen-bond donors (Lipinski definition) is 2. The summed E-state index contributed by atoms with van der Waals surface area (Å²) < 4.78 is 10.5. The maximum absolute atomic E-state index is 12.3. The first-order valence-electron chi connectivity index (χ1n) is 8.73. The fourth-order valence-corrected chi connectivity index (χ4v) is 3.09. The van der Waals surface area contributed by atoms with Crippen molar-refractivity contribution in [2.24, 2.45) is 5.92 Å². The van der Waals surface area contributed by atoms with E-state index in [1.807, 2.05) is 30.3 Å². The van der Waals surface area contributed by atoms with Gasteiger partial charge < -0.3 is 20.1 Å². The Morgan fingerprint density at radius 1 is 1.04 bits per heavy atom. The van der Waals surface area contributed by atoms with Gasteiger partial charge >= 0.3 is 0 Å². The van der Waals surface area contributed by atoms with Gasteiger partial charge in [-0.05, 0) is 42.5 Å². The molecule has 1 aliphatic carbocycles. The first-order chi connectivity index (χ1) is 12.7. The minimum absolute atomic E-state index is 0.00569. The van der Waals surface area contributed by atoms with E-state index in [-0.39, 0.29) is 31.2 Å². The molecular formula is C20H20N2O4. The Hall–Kier alpha value is -3.02. The molecule has 1 heterocycles. The largest absolute Gasteiger partial charge is 0.454 e. The molecule has 0 radical (unpaired) electrons. The van der Waals surface area contributed by atoms with E-state index in [1.54, 1.807) is 18.2 Å². The van der Waals surface area contributed by atoms with Crippen LogP contribution in [-0.4, -0.2) is 25.2 Å². The van der Waals surface area contributed by atoms with Gasteiger partial charge in [0.15, 0.2) is 11.5 Å². The van der Waals surface area contributed by atoms with E-state index >= 15 is 0 Å². The first-order valence-corrected chi connectivity index (χ1v) is 8.73. The standard InChI is InChI=1S/C20H20N2O4/c23-18(22-19(14-6-7-14)13-4-2-1-3-5-13)11-21-20(24)15-8-9-16-17(10-15)26-12-25-16/h1-5,8-10,14,19H,6-7,11-12H2,(H,21,24)(H,22,23). The van der Waals surface area contributed by atoms with Crippen LogP contribution in [0.3, 0.4) is 0 Å². The predicted octanol–water partition coefficient (Wildman–Crippen LogP) is 2.41. The van der Waals surface area contributed by atoms with Crippen molar-refractivity contribution < 1.29 is 19.1 Å². The topological polar surface area (TPSA) is 76.7 Å².